The average Bonchev–Trinajstić information content (AvgIpc) is 2.46. The standard InChI is InChI=1S/C17H19N/c1-2-16(17-11-7-4-8-12-17)14-18-13-15-9-5-3-6-10-15/h2-12,16,18H,1,13-14H2. The SMILES string of the molecule is C=CC(CNCc1ccccc1)c1ccccc1. The molecule has 0 fully saturated rings. The number of rotatable bonds is 6. The van der Waals surface area contributed by atoms with Gasteiger partial charge in [0.15, 0.2) is 0 Å². The van der Waals surface area contributed by atoms with Crippen LogP contribution in [0.25, 0.3) is 0 Å². The Bertz CT molecular complexity index is 461. The van der Waals surface area contributed by atoms with Crippen LogP contribution < -0.4 is 5.32 Å². The van der Waals surface area contributed by atoms with Crippen molar-refractivity contribution in [2.75, 3.05) is 6.54 Å². The van der Waals surface area contributed by atoms with Gasteiger partial charge in [-0.1, -0.05) is 66.7 Å². The second-order valence-corrected chi connectivity index (χ2v) is 4.37. The predicted octanol–water partition coefficient (Wildman–Crippen LogP) is 3.75. The molecule has 2 aromatic carbocycles. The van der Waals surface area contributed by atoms with Crippen LogP contribution in [0.4, 0.5) is 0 Å². The summed E-state index contributed by atoms with van der Waals surface area (Å²) in [5, 5.41) is 3.48. The molecule has 18 heavy (non-hydrogen) atoms. The van der Waals surface area contributed by atoms with Gasteiger partial charge in [0, 0.05) is 19.0 Å². The largest absolute Gasteiger partial charge is 0.312 e. The highest BCUT2D eigenvalue weighted by Crippen LogP contribution is 2.15. The number of hydrogen-bond acceptors (Lipinski definition) is 1. The number of nitrogens with one attached hydrogen (secondary N) is 1. The van der Waals surface area contributed by atoms with Crippen LogP contribution in [-0.2, 0) is 6.54 Å². The molecule has 1 nitrogen and oxygen atoms in total. The van der Waals surface area contributed by atoms with Gasteiger partial charge >= 0.3 is 0 Å². The lowest BCUT2D eigenvalue weighted by Crippen LogP contribution is -2.20. The lowest BCUT2D eigenvalue weighted by Gasteiger charge is -2.14. The zero-order valence-corrected chi connectivity index (χ0v) is 10.5. The van der Waals surface area contributed by atoms with E-state index in [2.05, 4.69) is 60.4 Å². The van der Waals surface area contributed by atoms with Crippen LogP contribution in [-0.4, -0.2) is 6.54 Å². The van der Waals surface area contributed by atoms with E-state index in [1.165, 1.54) is 11.1 Å². The molecule has 2 rings (SSSR count). The first-order valence-corrected chi connectivity index (χ1v) is 6.32. The Balaban J connectivity index is 1.87. The normalized spacial score (nSPS) is 12.0. The van der Waals surface area contributed by atoms with E-state index >= 15 is 0 Å². The lowest BCUT2D eigenvalue weighted by atomic mass is 9.99. The van der Waals surface area contributed by atoms with Crippen LogP contribution in [0.5, 0.6) is 0 Å². The summed E-state index contributed by atoms with van der Waals surface area (Å²) < 4.78 is 0. The maximum atomic E-state index is 3.92. The van der Waals surface area contributed by atoms with Crippen LogP contribution in [0.3, 0.4) is 0 Å². The number of benzene rings is 2. The van der Waals surface area contributed by atoms with Crippen molar-refractivity contribution < 1.29 is 0 Å². The van der Waals surface area contributed by atoms with E-state index in [-0.39, 0.29) is 0 Å². The fraction of sp³-hybridized carbons (Fsp3) is 0.176. The smallest absolute Gasteiger partial charge is 0.0205 e. The van der Waals surface area contributed by atoms with Gasteiger partial charge in [-0.15, -0.1) is 6.58 Å². The number of hydrogen-bond donors (Lipinski definition) is 1. The van der Waals surface area contributed by atoms with Crippen molar-refractivity contribution in [3.8, 4) is 0 Å². The molecule has 92 valence electrons. The first-order chi connectivity index (χ1) is 8.90. The third-order valence-electron chi connectivity index (χ3n) is 3.05. The topological polar surface area (TPSA) is 12.0 Å². The molecule has 0 spiro atoms. The molecule has 0 amide bonds. The Morgan fingerprint density at radius 3 is 2.17 bits per heavy atom. The molecule has 1 N–H and O–H groups in total. The molecule has 0 saturated heterocycles. The van der Waals surface area contributed by atoms with Crippen LogP contribution in [0.2, 0.25) is 0 Å². The minimum absolute atomic E-state index is 0.370. The molecule has 0 aliphatic carbocycles. The Hall–Kier alpha value is -1.86. The molecule has 1 atom stereocenters. The van der Waals surface area contributed by atoms with Gasteiger partial charge in [0.1, 0.15) is 0 Å². The van der Waals surface area contributed by atoms with Crippen molar-refractivity contribution in [3.63, 3.8) is 0 Å². The predicted molar refractivity (Wildman–Crippen MR) is 77.5 cm³/mol. The van der Waals surface area contributed by atoms with E-state index < -0.39 is 0 Å². The van der Waals surface area contributed by atoms with Gasteiger partial charge < -0.3 is 5.32 Å². The van der Waals surface area contributed by atoms with E-state index in [0.29, 0.717) is 5.92 Å². The van der Waals surface area contributed by atoms with Crippen LogP contribution in [0, 0.1) is 0 Å². The van der Waals surface area contributed by atoms with Gasteiger partial charge in [0.2, 0.25) is 0 Å². The van der Waals surface area contributed by atoms with E-state index in [1.54, 1.807) is 0 Å². The van der Waals surface area contributed by atoms with Gasteiger partial charge in [-0.3, -0.25) is 0 Å². The summed E-state index contributed by atoms with van der Waals surface area (Å²) >= 11 is 0. The summed E-state index contributed by atoms with van der Waals surface area (Å²) in [6, 6.07) is 20.9. The van der Waals surface area contributed by atoms with Crippen molar-refractivity contribution in [1.82, 2.24) is 5.32 Å². The first kappa shape index (κ1) is 12.6. The summed E-state index contributed by atoms with van der Waals surface area (Å²) in [7, 11) is 0. The van der Waals surface area contributed by atoms with Crippen LogP contribution in [0.1, 0.15) is 17.0 Å². The molecule has 0 aliphatic rings. The molecule has 0 heterocycles. The minimum Gasteiger partial charge on any atom is -0.312 e. The molecular weight excluding hydrogens is 218 g/mol. The summed E-state index contributed by atoms with van der Waals surface area (Å²) in [4.78, 5) is 0. The maximum absolute atomic E-state index is 3.92. The Kier molecular flexibility index (Phi) is 4.74. The van der Waals surface area contributed by atoms with Gasteiger partial charge in [-0.25, -0.2) is 0 Å². The molecule has 1 unspecified atom stereocenters. The monoisotopic (exact) mass is 237 g/mol. The summed E-state index contributed by atoms with van der Waals surface area (Å²) in [5.74, 6) is 0.370. The third kappa shape index (κ3) is 3.57. The molecule has 0 bridgehead atoms. The maximum Gasteiger partial charge on any atom is 0.0205 e. The Morgan fingerprint density at radius 1 is 0.944 bits per heavy atom. The first-order valence-electron chi connectivity index (χ1n) is 6.32. The lowest BCUT2D eigenvalue weighted by molar-refractivity contribution is 0.647. The second kappa shape index (κ2) is 6.77. The summed E-state index contributed by atoms with van der Waals surface area (Å²) in [5.41, 5.74) is 2.63. The molecule has 1 heteroatoms. The fourth-order valence-corrected chi connectivity index (χ4v) is 2.01. The second-order valence-electron chi connectivity index (χ2n) is 4.37. The summed E-state index contributed by atoms with van der Waals surface area (Å²) in [6.07, 6.45) is 2.01. The van der Waals surface area contributed by atoms with E-state index in [1.807, 2.05) is 18.2 Å². The highest BCUT2D eigenvalue weighted by atomic mass is 14.9. The molecule has 0 saturated carbocycles. The van der Waals surface area contributed by atoms with Crippen LogP contribution >= 0.6 is 0 Å². The van der Waals surface area contributed by atoms with E-state index in [4.69, 9.17) is 0 Å². The van der Waals surface area contributed by atoms with Crippen molar-refractivity contribution in [2.24, 2.45) is 0 Å². The molecule has 2 aromatic rings. The van der Waals surface area contributed by atoms with Crippen LogP contribution in [0.15, 0.2) is 73.3 Å². The Labute approximate surface area is 109 Å². The third-order valence-corrected chi connectivity index (χ3v) is 3.05. The van der Waals surface area contributed by atoms with Crippen molar-refractivity contribution in [3.05, 3.63) is 84.4 Å². The van der Waals surface area contributed by atoms with Crippen molar-refractivity contribution in [1.29, 1.82) is 0 Å². The van der Waals surface area contributed by atoms with Crippen molar-refractivity contribution >= 4 is 0 Å². The summed E-state index contributed by atoms with van der Waals surface area (Å²) in [6.45, 7) is 5.74. The van der Waals surface area contributed by atoms with E-state index in [0.717, 1.165) is 13.1 Å². The van der Waals surface area contributed by atoms with Gasteiger partial charge in [-0.05, 0) is 11.1 Å². The fourth-order valence-electron chi connectivity index (χ4n) is 2.01. The zero-order chi connectivity index (χ0) is 12.6. The molecule has 0 aromatic heterocycles. The zero-order valence-electron chi connectivity index (χ0n) is 10.5. The van der Waals surface area contributed by atoms with Gasteiger partial charge in [0.05, 0.1) is 0 Å². The van der Waals surface area contributed by atoms with E-state index in [9.17, 15) is 0 Å². The highest BCUT2D eigenvalue weighted by molar-refractivity contribution is 5.23. The molecule has 0 radical (unpaired) electrons. The average molecular weight is 237 g/mol. The molecular formula is C17H19N. The molecule has 0 aliphatic heterocycles. The Morgan fingerprint density at radius 2 is 1.56 bits per heavy atom. The van der Waals surface area contributed by atoms with Gasteiger partial charge in [0.25, 0.3) is 0 Å². The highest BCUT2D eigenvalue weighted by Gasteiger charge is 2.05. The van der Waals surface area contributed by atoms with Crippen molar-refractivity contribution in [2.45, 2.75) is 12.5 Å². The van der Waals surface area contributed by atoms with Gasteiger partial charge in [-0.2, -0.15) is 0 Å². The minimum atomic E-state index is 0.370. The quantitative estimate of drug-likeness (QED) is 0.755.